The van der Waals surface area contributed by atoms with E-state index in [2.05, 4.69) is 9.98 Å². The minimum absolute atomic E-state index is 0.0513. The van der Waals surface area contributed by atoms with Gasteiger partial charge in [-0.25, -0.2) is 14.4 Å². The van der Waals surface area contributed by atoms with E-state index in [1.54, 1.807) is 6.92 Å². The molecule has 0 saturated carbocycles. The molecule has 30 heavy (non-hydrogen) atoms. The van der Waals surface area contributed by atoms with Crippen molar-refractivity contribution in [2.24, 2.45) is 10.7 Å². The van der Waals surface area contributed by atoms with Gasteiger partial charge in [-0.1, -0.05) is 6.07 Å². The van der Waals surface area contributed by atoms with Crippen LogP contribution < -0.4 is 10.5 Å². The Morgan fingerprint density at radius 1 is 1.33 bits per heavy atom. The number of carbonyl (C=O) groups excluding carboxylic acids is 1. The van der Waals surface area contributed by atoms with E-state index in [9.17, 15) is 22.4 Å². The fourth-order valence-electron chi connectivity index (χ4n) is 3.12. The van der Waals surface area contributed by atoms with Gasteiger partial charge in [0.1, 0.15) is 17.3 Å². The predicted octanol–water partition coefficient (Wildman–Crippen LogP) is 3.54. The number of hydrogen-bond donors (Lipinski definition) is 1. The summed E-state index contributed by atoms with van der Waals surface area (Å²) < 4.78 is 61.6. The molecule has 0 fully saturated rings. The molecule has 2 heterocycles. The van der Waals surface area contributed by atoms with Gasteiger partial charge in [-0.15, -0.1) is 0 Å². The van der Waals surface area contributed by atoms with Crippen molar-refractivity contribution in [2.75, 3.05) is 13.2 Å². The van der Waals surface area contributed by atoms with E-state index in [4.69, 9.17) is 15.2 Å². The van der Waals surface area contributed by atoms with Crippen molar-refractivity contribution in [1.29, 1.82) is 0 Å². The van der Waals surface area contributed by atoms with E-state index in [0.717, 1.165) is 0 Å². The van der Waals surface area contributed by atoms with Crippen molar-refractivity contribution < 1.29 is 31.8 Å². The third kappa shape index (κ3) is 5.05. The molecule has 1 aromatic heterocycles. The number of aromatic nitrogens is 1. The minimum Gasteiger partial charge on any atom is -0.482 e. The van der Waals surface area contributed by atoms with Crippen molar-refractivity contribution in [3.63, 3.8) is 0 Å². The number of benzene rings is 1. The number of pyridine rings is 1. The van der Waals surface area contributed by atoms with Crippen molar-refractivity contribution in [3.05, 3.63) is 59.2 Å². The van der Waals surface area contributed by atoms with Gasteiger partial charge in [0.25, 0.3) is 6.02 Å². The summed E-state index contributed by atoms with van der Waals surface area (Å²) in [5.41, 5.74) is 5.12. The number of nitrogens with zero attached hydrogens (tertiary/aromatic N) is 2. The number of nitrogens with two attached hydrogens (primary N) is 1. The zero-order valence-corrected chi connectivity index (χ0v) is 16.0. The highest BCUT2D eigenvalue weighted by molar-refractivity contribution is 5.98. The van der Waals surface area contributed by atoms with Crippen LogP contribution in [0.1, 0.15) is 35.0 Å². The number of amidine groups is 1. The van der Waals surface area contributed by atoms with Crippen molar-refractivity contribution in [2.45, 2.75) is 31.5 Å². The van der Waals surface area contributed by atoms with Crippen LogP contribution in [0.25, 0.3) is 0 Å². The number of rotatable bonds is 6. The topological polar surface area (TPSA) is 86.8 Å². The van der Waals surface area contributed by atoms with Gasteiger partial charge in [0.15, 0.2) is 12.4 Å². The van der Waals surface area contributed by atoms with E-state index < -0.39 is 29.9 Å². The first-order valence-electron chi connectivity index (χ1n) is 9.02. The molecule has 1 atom stereocenters. The molecular weight excluding hydrogens is 406 g/mol. The monoisotopic (exact) mass is 425 g/mol. The molecule has 0 amide bonds. The number of halogens is 4. The molecule has 0 unspecified atom stereocenters. The Morgan fingerprint density at radius 2 is 2.10 bits per heavy atom. The average molecular weight is 425 g/mol. The first-order chi connectivity index (χ1) is 14.1. The van der Waals surface area contributed by atoms with Crippen molar-refractivity contribution in [1.82, 2.24) is 4.98 Å². The Kier molecular flexibility index (Phi) is 5.95. The van der Waals surface area contributed by atoms with Crippen LogP contribution in [0.3, 0.4) is 0 Å². The molecule has 0 saturated heterocycles. The summed E-state index contributed by atoms with van der Waals surface area (Å²) in [6.07, 6.45) is -3.09. The largest absolute Gasteiger partial charge is 0.482 e. The Balaban J connectivity index is 1.84. The van der Waals surface area contributed by atoms with Crippen molar-refractivity contribution in [3.8, 4) is 5.75 Å². The lowest BCUT2D eigenvalue weighted by molar-refractivity contribution is -0.153. The van der Waals surface area contributed by atoms with E-state index in [-0.39, 0.29) is 36.1 Å². The van der Waals surface area contributed by atoms with Gasteiger partial charge in [-0.3, -0.25) is 4.79 Å². The van der Waals surface area contributed by atoms with Crippen molar-refractivity contribution >= 4 is 11.8 Å². The summed E-state index contributed by atoms with van der Waals surface area (Å²) >= 11 is 0. The molecule has 1 aliphatic rings. The lowest BCUT2D eigenvalue weighted by atomic mass is 9.87. The number of ketones is 1. The molecule has 0 bridgehead atoms. The first kappa shape index (κ1) is 21.5. The van der Waals surface area contributed by atoms with Gasteiger partial charge in [-0.2, -0.15) is 13.2 Å². The van der Waals surface area contributed by atoms with E-state index in [1.165, 1.54) is 36.5 Å². The second-order valence-electron chi connectivity index (χ2n) is 6.99. The Bertz CT molecular complexity index is 978. The van der Waals surface area contributed by atoms with Crippen LogP contribution in [0.5, 0.6) is 5.75 Å². The maximum Gasteiger partial charge on any atom is 0.422 e. The summed E-state index contributed by atoms with van der Waals surface area (Å²) in [7, 11) is 0. The van der Waals surface area contributed by atoms with E-state index in [1.807, 2.05) is 0 Å². The molecule has 0 radical (unpaired) electrons. The molecule has 0 spiro atoms. The van der Waals surface area contributed by atoms with Crippen LogP contribution in [-0.2, 0) is 16.7 Å². The molecule has 3 rings (SSSR count). The quantitative estimate of drug-likeness (QED) is 0.565. The van der Waals surface area contributed by atoms with Gasteiger partial charge in [0, 0.05) is 24.6 Å². The van der Waals surface area contributed by atoms with Crippen LogP contribution in [0, 0.1) is 5.82 Å². The summed E-state index contributed by atoms with van der Waals surface area (Å²) in [5.74, 6) is -1.35. The normalized spacial score (nSPS) is 19.0. The predicted molar refractivity (Wildman–Crippen MR) is 99.8 cm³/mol. The number of aliphatic imine (C=N–C) groups is 1. The van der Waals surface area contributed by atoms with Crippen LogP contribution in [0.15, 0.2) is 41.5 Å². The standard InChI is InChI=1S/C20H19F4N3O3/c1-19(6-8-29-18(25)27-19)13-9-12(4-5-14(13)21)10-15(28)17-16(3-2-7-26-17)30-11-20(22,23)24/h2-5,7,9H,6,8,10-11H2,1H3,(H2,25,27)/t19-/m0/s1. The second kappa shape index (κ2) is 8.29. The molecular formula is C20H19F4N3O3. The van der Waals surface area contributed by atoms with Gasteiger partial charge >= 0.3 is 6.18 Å². The second-order valence-corrected chi connectivity index (χ2v) is 6.99. The lowest BCUT2D eigenvalue weighted by Crippen LogP contribution is -2.34. The third-order valence-corrected chi connectivity index (χ3v) is 4.60. The van der Waals surface area contributed by atoms with Crippen LogP contribution >= 0.6 is 0 Å². The minimum atomic E-state index is -4.55. The maximum absolute atomic E-state index is 14.5. The van der Waals surface area contributed by atoms with Crippen LogP contribution in [0.4, 0.5) is 17.6 Å². The number of ether oxygens (including phenoxy) is 2. The average Bonchev–Trinajstić information content (AvgIpc) is 2.67. The number of Topliss-reactive ketones (excluding diaryl/α,β-unsaturated/α-hetero) is 1. The van der Waals surface area contributed by atoms with Crippen LogP contribution in [0.2, 0.25) is 0 Å². The molecule has 1 aromatic carbocycles. The first-order valence-corrected chi connectivity index (χ1v) is 9.02. The van der Waals surface area contributed by atoms with Crippen LogP contribution in [-0.4, -0.2) is 36.2 Å². The molecule has 10 heteroatoms. The van der Waals surface area contributed by atoms with Gasteiger partial charge in [0.05, 0.1) is 12.1 Å². The Hall–Kier alpha value is -3.17. The van der Waals surface area contributed by atoms with Gasteiger partial charge in [-0.05, 0) is 36.8 Å². The Morgan fingerprint density at radius 3 is 2.80 bits per heavy atom. The third-order valence-electron chi connectivity index (χ3n) is 4.60. The zero-order chi connectivity index (χ0) is 21.9. The zero-order valence-electron chi connectivity index (χ0n) is 16.0. The van der Waals surface area contributed by atoms with E-state index >= 15 is 0 Å². The molecule has 0 aliphatic carbocycles. The highest BCUT2D eigenvalue weighted by Crippen LogP contribution is 2.34. The number of carbonyl (C=O) groups is 1. The fraction of sp³-hybridized carbons (Fsp3) is 0.350. The number of hydrogen-bond acceptors (Lipinski definition) is 6. The number of alkyl halides is 3. The van der Waals surface area contributed by atoms with Gasteiger partial charge < -0.3 is 15.2 Å². The summed E-state index contributed by atoms with van der Waals surface area (Å²) in [6.45, 7) is 0.427. The highest BCUT2D eigenvalue weighted by atomic mass is 19.4. The fourth-order valence-corrected chi connectivity index (χ4v) is 3.12. The molecule has 160 valence electrons. The summed E-state index contributed by atoms with van der Waals surface area (Å²) in [4.78, 5) is 20.7. The smallest absolute Gasteiger partial charge is 0.422 e. The maximum atomic E-state index is 14.5. The van der Waals surface area contributed by atoms with Gasteiger partial charge in [0.2, 0.25) is 0 Å². The lowest BCUT2D eigenvalue weighted by Gasteiger charge is -2.30. The SMILES string of the molecule is C[C@@]1(c2cc(CC(=O)c3ncccc3OCC(F)(F)F)ccc2F)CCOC(N)=N1. The summed E-state index contributed by atoms with van der Waals surface area (Å²) in [5, 5.41) is 0. The molecule has 2 aromatic rings. The molecule has 1 aliphatic heterocycles. The molecule has 2 N–H and O–H groups in total. The highest BCUT2D eigenvalue weighted by Gasteiger charge is 2.33. The Labute approximate surface area is 169 Å². The van der Waals surface area contributed by atoms with E-state index in [0.29, 0.717) is 12.0 Å². The summed E-state index contributed by atoms with van der Waals surface area (Å²) in [6, 6.07) is 6.68. The molecule has 6 nitrogen and oxygen atoms in total.